The van der Waals surface area contributed by atoms with Gasteiger partial charge in [0.15, 0.2) is 0 Å². The van der Waals surface area contributed by atoms with Crippen LogP contribution in [0.25, 0.3) is 21.6 Å². The molecule has 4 aromatic rings. The van der Waals surface area contributed by atoms with Gasteiger partial charge in [-0.05, 0) is 26.0 Å². The molecule has 2 aromatic heterocycles. The van der Waals surface area contributed by atoms with Gasteiger partial charge in [-0.25, -0.2) is 9.97 Å². The second-order valence-corrected chi connectivity index (χ2v) is 6.92. The molecule has 0 aliphatic carbocycles. The number of hydrogen-bond donors (Lipinski definition) is 1. The summed E-state index contributed by atoms with van der Waals surface area (Å²) in [6.45, 7) is 4.63. The fraction of sp³-hybridized carbons (Fsp3) is 0.150. The van der Waals surface area contributed by atoms with Crippen molar-refractivity contribution in [1.29, 1.82) is 0 Å². The van der Waals surface area contributed by atoms with Crippen LogP contribution >= 0.6 is 11.3 Å². The summed E-state index contributed by atoms with van der Waals surface area (Å²) in [5, 5.41) is 3.80. The van der Waals surface area contributed by atoms with Crippen molar-refractivity contribution in [2.24, 2.45) is 0 Å². The lowest BCUT2D eigenvalue weighted by molar-refractivity contribution is 0.102. The van der Waals surface area contributed by atoms with Gasteiger partial charge >= 0.3 is 0 Å². The monoisotopic (exact) mass is 362 g/mol. The van der Waals surface area contributed by atoms with Crippen molar-refractivity contribution in [3.8, 4) is 10.6 Å². The minimum Gasteiger partial charge on any atom is -0.310 e. The van der Waals surface area contributed by atoms with Gasteiger partial charge in [0.05, 0.1) is 16.7 Å². The van der Waals surface area contributed by atoms with Gasteiger partial charge in [0.25, 0.3) is 5.91 Å². The number of carbonyl (C=O) groups excluding carboxylic acids is 1. The normalized spacial score (nSPS) is 11.0. The molecule has 1 amide bonds. The summed E-state index contributed by atoms with van der Waals surface area (Å²) >= 11 is 1.40. The number of hydrogen-bond acceptors (Lipinski definition) is 4. The second kappa shape index (κ2) is 6.72. The molecule has 4 rings (SSSR count). The van der Waals surface area contributed by atoms with Crippen molar-refractivity contribution in [3.63, 3.8) is 0 Å². The third-order valence-corrected chi connectivity index (χ3v) is 5.42. The molecule has 1 N–H and O–H groups in total. The smallest absolute Gasteiger partial charge is 0.269 e. The van der Waals surface area contributed by atoms with E-state index in [1.807, 2.05) is 73.0 Å². The number of rotatable bonds is 4. The molecule has 0 aliphatic rings. The number of aryl methyl sites for hydroxylation is 2. The maximum atomic E-state index is 12.8. The number of nitrogens with zero attached hydrogens (tertiary/aromatic N) is 3. The number of carbonyl (C=O) groups is 1. The van der Waals surface area contributed by atoms with Gasteiger partial charge in [-0.3, -0.25) is 10.1 Å². The van der Waals surface area contributed by atoms with Crippen molar-refractivity contribution in [3.05, 3.63) is 65.2 Å². The van der Waals surface area contributed by atoms with Gasteiger partial charge < -0.3 is 4.57 Å². The van der Waals surface area contributed by atoms with Gasteiger partial charge in [-0.1, -0.05) is 42.5 Å². The maximum absolute atomic E-state index is 12.8. The third kappa shape index (κ3) is 2.88. The predicted molar refractivity (Wildman–Crippen MR) is 106 cm³/mol. The van der Waals surface area contributed by atoms with E-state index in [1.165, 1.54) is 11.3 Å². The van der Waals surface area contributed by atoms with Crippen LogP contribution in [0.3, 0.4) is 0 Å². The predicted octanol–water partition coefficient (Wildman–Crippen LogP) is 4.74. The summed E-state index contributed by atoms with van der Waals surface area (Å²) in [4.78, 5) is 22.6. The van der Waals surface area contributed by atoms with E-state index in [-0.39, 0.29) is 5.91 Å². The SMILES string of the molecule is CCn1c(NC(=O)c2sc(-c3ccccc3)nc2C)nc2ccccc21. The van der Waals surface area contributed by atoms with Crippen molar-refractivity contribution < 1.29 is 4.79 Å². The van der Waals surface area contributed by atoms with E-state index in [9.17, 15) is 4.79 Å². The highest BCUT2D eigenvalue weighted by Gasteiger charge is 2.19. The molecular formula is C20H18N4OS. The van der Waals surface area contributed by atoms with E-state index in [0.717, 1.165) is 33.8 Å². The van der Waals surface area contributed by atoms with Crippen molar-refractivity contribution >= 4 is 34.2 Å². The highest BCUT2D eigenvalue weighted by Crippen LogP contribution is 2.28. The first kappa shape index (κ1) is 16.5. The topological polar surface area (TPSA) is 59.8 Å². The zero-order chi connectivity index (χ0) is 18.1. The van der Waals surface area contributed by atoms with Gasteiger partial charge in [-0.15, -0.1) is 11.3 Å². The van der Waals surface area contributed by atoms with Gasteiger partial charge in [0.2, 0.25) is 5.95 Å². The maximum Gasteiger partial charge on any atom is 0.269 e. The van der Waals surface area contributed by atoms with Crippen LogP contribution in [0, 0.1) is 6.92 Å². The molecule has 130 valence electrons. The van der Waals surface area contributed by atoms with Gasteiger partial charge in [0, 0.05) is 12.1 Å². The van der Waals surface area contributed by atoms with E-state index in [2.05, 4.69) is 15.3 Å². The Hall–Kier alpha value is -2.99. The first-order valence-electron chi connectivity index (χ1n) is 8.47. The summed E-state index contributed by atoms with van der Waals surface area (Å²) in [6.07, 6.45) is 0. The molecule has 0 radical (unpaired) electrons. The molecule has 0 fully saturated rings. The summed E-state index contributed by atoms with van der Waals surface area (Å²) in [5.41, 5.74) is 3.62. The Kier molecular flexibility index (Phi) is 4.26. The molecular weight excluding hydrogens is 344 g/mol. The second-order valence-electron chi connectivity index (χ2n) is 5.92. The molecule has 2 heterocycles. The number of benzene rings is 2. The molecule has 5 nitrogen and oxygen atoms in total. The van der Waals surface area contributed by atoms with Crippen molar-refractivity contribution in [1.82, 2.24) is 14.5 Å². The summed E-state index contributed by atoms with van der Waals surface area (Å²) < 4.78 is 2.00. The molecule has 0 atom stereocenters. The summed E-state index contributed by atoms with van der Waals surface area (Å²) in [5.74, 6) is 0.389. The Bertz CT molecular complexity index is 1080. The summed E-state index contributed by atoms with van der Waals surface area (Å²) in [6, 6.07) is 17.8. The number of nitrogens with one attached hydrogen (secondary N) is 1. The molecule has 0 unspecified atom stereocenters. The number of fused-ring (bicyclic) bond motifs is 1. The van der Waals surface area contributed by atoms with E-state index in [1.54, 1.807) is 0 Å². The van der Waals surface area contributed by atoms with Crippen LogP contribution in [-0.2, 0) is 6.54 Å². The third-order valence-electron chi connectivity index (χ3n) is 4.22. The standard InChI is InChI=1S/C20H18N4OS/c1-3-24-16-12-8-7-11-15(16)22-20(24)23-18(25)17-13(2)21-19(26-17)14-9-5-4-6-10-14/h4-12H,3H2,1-2H3,(H,22,23,25). The first-order valence-corrected chi connectivity index (χ1v) is 9.28. The van der Waals surface area contributed by atoms with Crippen molar-refractivity contribution in [2.75, 3.05) is 5.32 Å². The van der Waals surface area contributed by atoms with Gasteiger partial charge in [-0.2, -0.15) is 0 Å². The average molecular weight is 362 g/mol. The Balaban J connectivity index is 1.66. The van der Waals surface area contributed by atoms with Crippen LogP contribution in [0.1, 0.15) is 22.3 Å². The fourth-order valence-electron chi connectivity index (χ4n) is 2.96. The fourth-order valence-corrected chi connectivity index (χ4v) is 3.93. The number of amides is 1. The number of anilines is 1. The minimum atomic E-state index is -0.174. The molecule has 0 saturated carbocycles. The Labute approximate surface area is 155 Å². The first-order chi connectivity index (χ1) is 12.7. The zero-order valence-corrected chi connectivity index (χ0v) is 15.4. The Morgan fingerprint density at radius 1 is 1.08 bits per heavy atom. The van der Waals surface area contributed by atoms with E-state index in [0.29, 0.717) is 10.8 Å². The number of para-hydroxylation sites is 2. The van der Waals surface area contributed by atoms with Crippen LogP contribution in [0.4, 0.5) is 5.95 Å². The summed E-state index contributed by atoms with van der Waals surface area (Å²) in [7, 11) is 0. The lowest BCUT2D eigenvalue weighted by Crippen LogP contribution is -2.15. The molecule has 26 heavy (non-hydrogen) atoms. The number of aromatic nitrogens is 3. The molecule has 0 spiro atoms. The highest BCUT2D eigenvalue weighted by molar-refractivity contribution is 7.17. The Morgan fingerprint density at radius 3 is 2.58 bits per heavy atom. The molecule has 2 aromatic carbocycles. The Morgan fingerprint density at radius 2 is 1.81 bits per heavy atom. The molecule has 0 aliphatic heterocycles. The lowest BCUT2D eigenvalue weighted by Gasteiger charge is -2.06. The van der Waals surface area contributed by atoms with Crippen molar-refractivity contribution in [2.45, 2.75) is 20.4 Å². The quantitative estimate of drug-likeness (QED) is 0.570. The lowest BCUT2D eigenvalue weighted by atomic mass is 10.2. The van der Waals surface area contributed by atoms with Crippen LogP contribution in [0.5, 0.6) is 0 Å². The van der Waals surface area contributed by atoms with Crippen LogP contribution in [-0.4, -0.2) is 20.4 Å². The van der Waals surface area contributed by atoms with E-state index < -0.39 is 0 Å². The molecule has 0 saturated heterocycles. The van der Waals surface area contributed by atoms with Crippen LogP contribution in [0.15, 0.2) is 54.6 Å². The highest BCUT2D eigenvalue weighted by atomic mass is 32.1. The zero-order valence-electron chi connectivity index (χ0n) is 14.6. The van der Waals surface area contributed by atoms with Crippen LogP contribution < -0.4 is 5.32 Å². The number of imidazole rings is 1. The minimum absolute atomic E-state index is 0.174. The van der Waals surface area contributed by atoms with Gasteiger partial charge in [0.1, 0.15) is 9.88 Å². The average Bonchev–Trinajstić information content (AvgIpc) is 3.22. The largest absolute Gasteiger partial charge is 0.310 e. The molecule has 6 heteroatoms. The molecule has 0 bridgehead atoms. The number of thiazole rings is 1. The van der Waals surface area contributed by atoms with E-state index >= 15 is 0 Å². The van der Waals surface area contributed by atoms with Crippen LogP contribution in [0.2, 0.25) is 0 Å². The van der Waals surface area contributed by atoms with E-state index in [4.69, 9.17) is 0 Å².